The molecule has 2 aliphatic rings. The molecule has 0 bridgehead atoms. The summed E-state index contributed by atoms with van der Waals surface area (Å²) < 4.78 is 1.00. The first-order valence-corrected chi connectivity index (χ1v) is 8.05. The fourth-order valence-corrected chi connectivity index (χ4v) is 4.25. The van der Waals surface area contributed by atoms with E-state index < -0.39 is 0 Å². The molecule has 1 aromatic rings. The predicted molar refractivity (Wildman–Crippen MR) is 81.6 cm³/mol. The maximum absolute atomic E-state index is 4.53. The molecule has 1 saturated heterocycles. The zero-order valence-corrected chi connectivity index (χ0v) is 13.0. The fraction of sp³-hybridized carbons (Fsp3) is 0.714. The van der Waals surface area contributed by atoms with Gasteiger partial charge in [-0.15, -0.1) is 0 Å². The number of nitrogens with one attached hydrogen (secondary N) is 1. The lowest BCUT2D eigenvalue weighted by molar-refractivity contribution is 0.242. The van der Waals surface area contributed by atoms with Crippen molar-refractivity contribution in [2.45, 2.75) is 44.6 Å². The van der Waals surface area contributed by atoms with E-state index >= 15 is 0 Å². The fourth-order valence-electron chi connectivity index (χ4n) is 3.62. The summed E-state index contributed by atoms with van der Waals surface area (Å²) in [5.41, 5.74) is 0. The third-order valence-corrected chi connectivity index (χ3v) is 5.25. The highest BCUT2D eigenvalue weighted by Gasteiger charge is 2.34. The average Bonchev–Trinajstić information content (AvgIpc) is 2.47. The van der Waals surface area contributed by atoms with Gasteiger partial charge in [-0.2, -0.15) is 0 Å². The summed E-state index contributed by atoms with van der Waals surface area (Å²) in [5.74, 6) is 2.81. The Morgan fingerprint density at radius 1 is 1.21 bits per heavy atom. The van der Waals surface area contributed by atoms with Crippen LogP contribution in [0.25, 0.3) is 0 Å². The molecule has 2 heterocycles. The molecule has 1 aromatic heterocycles. The van der Waals surface area contributed by atoms with Crippen LogP contribution in [-0.4, -0.2) is 29.6 Å². The van der Waals surface area contributed by atoms with Gasteiger partial charge in [0.25, 0.3) is 0 Å². The van der Waals surface area contributed by atoms with Crippen molar-refractivity contribution in [2.75, 3.05) is 23.8 Å². The van der Waals surface area contributed by atoms with E-state index in [0.29, 0.717) is 6.04 Å². The number of halogens is 1. The number of fused-ring (bicyclic) bond motifs is 1. The molecule has 3 rings (SSSR count). The number of rotatable bonds is 2. The molecule has 5 heteroatoms. The van der Waals surface area contributed by atoms with Gasteiger partial charge in [0.05, 0.1) is 0 Å². The number of nitrogens with zero attached hydrogens (tertiary/aromatic N) is 3. The molecule has 0 amide bonds. The van der Waals surface area contributed by atoms with Crippen LogP contribution in [0.4, 0.5) is 11.6 Å². The van der Waals surface area contributed by atoms with Crippen LogP contribution in [0.2, 0.25) is 0 Å². The number of anilines is 2. The minimum atomic E-state index is 0.679. The van der Waals surface area contributed by atoms with Gasteiger partial charge in [0.15, 0.2) is 0 Å². The third-order valence-electron chi connectivity index (χ3n) is 4.52. The lowest BCUT2D eigenvalue weighted by Crippen LogP contribution is -2.47. The van der Waals surface area contributed by atoms with Crippen molar-refractivity contribution in [1.29, 1.82) is 0 Å². The Morgan fingerprint density at radius 2 is 2.00 bits per heavy atom. The van der Waals surface area contributed by atoms with Crippen LogP contribution in [0.5, 0.6) is 0 Å². The Bertz CT molecular complexity index is 449. The van der Waals surface area contributed by atoms with E-state index in [4.69, 9.17) is 0 Å². The Balaban J connectivity index is 1.91. The summed E-state index contributed by atoms with van der Waals surface area (Å²) in [6.07, 6.45) is 9.81. The quantitative estimate of drug-likeness (QED) is 0.904. The van der Waals surface area contributed by atoms with Crippen LogP contribution in [0, 0.1) is 5.92 Å². The van der Waals surface area contributed by atoms with Crippen molar-refractivity contribution in [1.82, 2.24) is 9.97 Å². The van der Waals surface area contributed by atoms with Crippen molar-refractivity contribution in [3.8, 4) is 0 Å². The monoisotopic (exact) mass is 324 g/mol. The van der Waals surface area contributed by atoms with Crippen molar-refractivity contribution >= 4 is 27.6 Å². The summed E-state index contributed by atoms with van der Waals surface area (Å²) >= 11 is 3.66. The molecular formula is C14H21BrN4. The first-order chi connectivity index (χ1) is 9.31. The minimum absolute atomic E-state index is 0.679. The van der Waals surface area contributed by atoms with Gasteiger partial charge in [-0.05, 0) is 47.5 Å². The van der Waals surface area contributed by atoms with Crippen molar-refractivity contribution in [3.05, 3.63) is 10.8 Å². The molecule has 104 valence electrons. The molecule has 2 fully saturated rings. The summed E-state index contributed by atoms with van der Waals surface area (Å²) in [5, 5.41) is 3.12. The minimum Gasteiger partial charge on any atom is -0.372 e. The first-order valence-electron chi connectivity index (χ1n) is 7.26. The maximum atomic E-state index is 4.53. The third kappa shape index (κ3) is 2.45. The van der Waals surface area contributed by atoms with Crippen LogP contribution in [-0.2, 0) is 0 Å². The normalized spacial score (nSPS) is 26.9. The molecule has 0 radical (unpaired) electrons. The van der Waals surface area contributed by atoms with E-state index in [9.17, 15) is 0 Å². The number of piperidine rings is 1. The highest BCUT2D eigenvalue weighted by atomic mass is 79.9. The molecule has 0 spiro atoms. The summed E-state index contributed by atoms with van der Waals surface area (Å²) in [7, 11) is 1.90. The molecule has 1 saturated carbocycles. The second-order valence-electron chi connectivity index (χ2n) is 5.56. The SMILES string of the molecule is CNc1ncnc(N2CCCC3CCCCC32)c1Br. The van der Waals surface area contributed by atoms with Gasteiger partial charge in [0, 0.05) is 19.6 Å². The van der Waals surface area contributed by atoms with Crippen LogP contribution < -0.4 is 10.2 Å². The Morgan fingerprint density at radius 3 is 2.84 bits per heavy atom. The molecule has 1 N–H and O–H groups in total. The average molecular weight is 325 g/mol. The predicted octanol–water partition coefficient (Wildman–Crippen LogP) is 3.44. The molecule has 2 unspecified atom stereocenters. The van der Waals surface area contributed by atoms with E-state index in [1.807, 2.05) is 7.05 Å². The van der Waals surface area contributed by atoms with Gasteiger partial charge in [-0.1, -0.05) is 12.8 Å². The van der Waals surface area contributed by atoms with Crippen molar-refractivity contribution < 1.29 is 0 Å². The Hall–Kier alpha value is -0.840. The topological polar surface area (TPSA) is 41.1 Å². The van der Waals surface area contributed by atoms with E-state index in [0.717, 1.165) is 28.6 Å². The standard InChI is InChI=1S/C14H21BrN4/c1-16-13-12(15)14(18-9-17-13)19-8-4-6-10-5-2-3-7-11(10)19/h9-11H,2-8H2,1H3,(H,16,17,18). The van der Waals surface area contributed by atoms with E-state index in [-0.39, 0.29) is 0 Å². The Labute approximate surface area is 123 Å². The highest BCUT2D eigenvalue weighted by Crippen LogP contribution is 2.40. The first kappa shape index (κ1) is 13.2. The van der Waals surface area contributed by atoms with Crippen LogP contribution in [0.1, 0.15) is 38.5 Å². The smallest absolute Gasteiger partial charge is 0.148 e. The lowest BCUT2D eigenvalue weighted by Gasteiger charge is -2.45. The number of aromatic nitrogens is 2. The van der Waals surface area contributed by atoms with Crippen LogP contribution in [0.15, 0.2) is 10.8 Å². The second-order valence-corrected chi connectivity index (χ2v) is 6.35. The number of hydrogen-bond acceptors (Lipinski definition) is 4. The van der Waals surface area contributed by atoms with Crippen LogP contribution >= 0.6 is 15.9 Å². The summed E-state index contributed by atoms with van der Waals surface area (Å²) in [6.45, 7) is 1.12. The van der Waals surface area contributed by atoms with Gasteiger partial charge >= 0.3 is 0 Å². The lowest BCUT2D eigenvalue weighted by atomic mass is 9.78. The van der Waals surface area contributed by atoms with Gasteiger partial charge < -0.3 is 10.2 Å². The highest BCUT2D eigenvalue weighted by molar-refractivity contribution is 9.10. The maximum Gasteiger partial charge on any atom is 0.148 e. The number of hydrogen-bond donors (Lipinski definition) is 1. The molecular weight excluding hydrogens is 304 g/mol. The van der Waals surface area contributed by atoms with Crippen molar-refractivity contribution in [2.24, 2.45) is 5.92 Å². The van der Waals surface area contributed by atoms with Crippen LogP contribution in [0.3, 0.4) is 0 Å². The van der Waals surface area contributed by atoms with Crippen molar-refractivity contribution in [3.63, 3.8) is 0 Å². The van der Waals surface area contributed by atoms with E-state index in [2.05, 4.69) is 36.1 Å². The largest absolute Gasteiger partial charge is 0.372 e. The van der Waals surface area contributed by atoms with Gasteiger partial charge in [-0.3, -0.25) is 0 Å². The van der Waals surface area contributed by atoms with Gasteiger partial charge in [0.2, 0.25) is 0 Å². The molecule has 1 aliphatic heterocycles. The summed E-state index contributed by atoms with van der Waals surface area (Å²) in [4.78, 5) is 11.3. The second kappa shape index (κ2) is 5.65. The zero-order valence-electron chi connectivity index (χ0n) is 11.4. The van der Waals surface area contributed by atoms with E-state index in [1.165, 1.54) is 38.5 Å². The molecule has 4 nitrogen and oxygen atoms in total. The van der Waals surface area contributed by atoms with Gasteiger partial charge in [0.1, 0.15) is 22.4 Å². The summed E-state index contributed by atoms with van der Waals surface area (Å²) in [6, 6.07) is 0.679. The Kier molecular flexibility index (Phi) is 3.91. The zero-order chi connectivity index (χ0) is 13.2. The molecule has 0 aromatic carbocycles. The van der Waals surface area contributed by atoms with Gasteiger partial charge in [-0.25, -0.2) is 9.97 Å². The molecule has 2 atom stereocenters. The molecule has 19 heavy (non-hydrogen) atoms. The van der Waals surface area contributed by atoms with E-state index in [1.54, 1.807) is 6.33 Å². The molecule has 1 aliphatic carbocycles.